The van der Waals surface area contributed by atoms with Crippen molar-refractivity contribution in [1.82, 2.24) is 0 Å². The van der Waals surface area contributed by atoms with E-state index in [1.54, 1.807) is 12.1 Å². The zero-order valence-corrected chi connectivity index (χ0v) is 13.0. The van der Waals surface area contributed by atoms with Crippen LogP contribution in [0.2, 0.25) is 0 Å². The number of carboxylic acids is 1. The van der Waals surface area contributed by atoms with Crippen molar-refractivity contribution in [3.63, 3.8) is 0 Å². The Morgan fingerprint density at radius 1 is 1.14 bits per heavy atom. The average molecular weight is 314 g/mol. The van der Waals surface area contributed by atoms with Gasteiger partial charge in [0.25, 0.3) is 10.1 Å². The zero-order chi connectivity index (χ0) is 15.9. The molecule has 1 unspecified atom stereocenters. The summed E-state index contributed by atoms with van der Waals surface area (Å²) in [5.74, 6) is -0.487. The van der Waals surface area contributed by atoms with Crippen LogP contribution >= 0.6 is 0 Å². The molecule has 0 radical (unpaired) electrons. The van der Waals surface area contributed by atoms with Gasteiger partial charge in [0, 0.05) is 6.42 Å². The molecule has 1 rings (SSSR count). The molecule has 0 aliphatic rings. The van der Waals surface area contributed by atoms with Crippen LogP contribution in [0.4, 0.5) is 0 Å². The average Bonchev–Trinajstić information content (AvgIpc) is 2.41. The van der Waals surface area contributed by atoms with Crippen LogP contribution in [-0.2, 0) is 14.9 Å². The van der Waals surface area contributed by atoms with Crippen molar-refractivity contribution >= 4 is 16.1 Å². The summed E-state index contributed by atoms with van der Waals surface area (Å²) in [6.45, 7) is 2.08. The van der Waals surface area contributed by atoms with Gasteiger partial charge >= 0.3 is 5.97 Å². The van der Waals surface area contributed by atoms with Gasteiger partial charge in [-0.3, -0.25) is 9.35 Å². The van der Waals surface area contributed by atoms with E-state index in [0.717, 1.165) is 31.2 Å². The maximum Gasteiger partial charge on any atom is 0.303 e. The summed E-state index contributed by atoms with van der Waals surface area (Å²) in [6, 6.07) is 6.26. The predicted octanol–water partition coefficient (Wildman–Crippen LogP) is 3.46. The third-order valence-corrected chi connectivity index (χ3v) is 4.35. The fraction of sp³-hybridized carbons (Fsp3) is 0.533. The Morgan fingerprint density at radius 3 is 2.24 bits per heavy atom. The second kappa shape index (κ2) is 8.14. The van der Waals surface area contributed by atoms with Crippen molar-refractivity contribution in [2.75, 3.05) is 0 Å². The minimum Gasteiger partial charge on any atom is -0.481 e. The number of rotatable bonds is 9. The van der Waals surface area contributed by atoms with Crippen LogP contribution in [-0.4, -0.2) is 24.0 Å². The highest BCUT2D eigenvalue weighted by atomic mass is 32.2. The van der Waals surface area contributed by atoms with E-state index < -0.39 is 16.1 Å². The van der Waals surface area contributed by atoms with Gasteiger partial charge in [-0.2, -0.15) is 8.42 Å². The van der Waals surface area contributed by atoms with E-state index in [2.05, 4.69) is 6.92 Å². The number of hydrogen-bond donors (Lipinski definition) is 2. The molecule has 0 saturated carbocycles. The molecule has 5 nitrogen and oxygen atoms in total. The summed E-state index contributed by atoms with van der Waals surface area (Å²) in [5, 5.41) is 8.63. The van der Waals surface area contributed by atoms with E-state index in [9.17, 15) is 13.2 Å². The van der Waals surface area contributed by atoms with Gasteiger partial charge < -0.3 is 5.11 Å². The standard InChI is InChI=1S/C15H22O5S/c1-2-5-12(6-3-4-7-15(16)17)13-8-10-14(11-9-13)21(18,19)20/h8-12H,2-7H2,1H3,(H,16,17)(H,18,19,20). The lowest BCUT2D eigenvalue weighted by Crippen LogP contribution is -2.02. The third-order valence-electron chi connectivity index (χ3n) is 3.48. The molecule has 1 aromatic carbocycles. The van der Waals surface area contributed by atoms with E-state index in [1.807, 2.05) is 0 Å². The van der Waals surface area contributed by atoms with Gasteiger partial charge in [-0.05, 0) is 42.9 Å². The Kier molecular flexibility index (Phi) is 6.84. The molecule has 0 spiro atoms. The van der Waals surface area contributed by atoms with Crippen LogP contribution in [0.5, 0.6) is 0 Å². The normalized spacial score (nSPS) is 13.0. The SMILES string of the molecule is CCCC(CCCCC(=O)O)c1ccc(S(=O)(=O)O)cc1. The van der Waals surface area contributed by atoms with Crippen molar-refractivity contribution < 1.29 is 22.9 Å². The van der Waals surface area contributed by atoms with Gasteiger partial charge in [0.15, 0.2) is 0 Å². The Hall–Kier alpha value is -1.40. The van der Waals surface area contributed by atoms with Crippen molar-refractivity contribution in [1.29, 1.82) is 0 Å². The second-order valence-corrected chi connectivity index (χ2v) is 6.59. The van der Waals surface area contributed by atoms with Crippen LogP contribution in [0.25, 0.3) is 0 Å². The van der Waals surface area contributed by atoms with Crippen LogP contribution in [0.1, 0.15) is 56.9 Å². The van der Waals surface area contributed by atoms with Crippen LogP contribution < -0.4 is 0 Å². The fourth-order valence-corrected chi connectivity index (χ4v) is 2.89. The largest absolute Gasteiger partial charge is 0.481 e. The number of aliphatic carboxylic acids is 1. The molecule has 0 saturated heterocycles. The Balaban J connectivity index is 2.69. The van der Waals surface area contributed by atoms with E-state index in [1.165, 1.54) is 12.1 Å². The van der Waals surface area contributed by atoms with Crippen LogP contribution in [0.15, 0.2) is 29.2 Å². The molecular formula is C15H22O5S. The van der Waals surface area contributed by atoms with Gasteiger partial charge in [-0.25, -0.2) is 0 Å². The summed E-state index contributed by atoms with van der Waals surface area (Å²) < 4.78 is 31.0. The van der Waals surface area contributed by atoms with Crippen molar-refractivity contribution in [3.05, 3.63) is 29.8 Å². The molecular weight excluding hydrogens is 292 g/mol. The number of benzene rings is 1. The summed E-state index contributed by atoms with van der Waals surface area (Å²) in [5.41, 5.74) is 1.03. The molecule has 118 valence electrons. The highest BCUT2D eigenvalue weighted by Gasteiger charge is 2.13. The number of unbranched alkanes of at least 4 members (excludes halogenated alkanes) is 1. The van der Waals surface area contributed by atoms with E-state index in [4.69, 9.17) is 9.66 Å². The smallest absolute Gasteiger partial charge is 0.303 e. The summed E-state index contributed by atoms with van der Waals surface area (Å²) in [4.78, 5) is 10.4. The van der Waals surface area contributed by atoms with Crippen LogP contribution in [0, 0.1) is 0 Å². The maximum atomic E-state index is 11.0. The van der Waals surface area contributed by atoms with E-state index in [-0.39, 0.29) is 11.3 Å². The molecule has 0 fully saturated rings. The predicted molar refractivity (Wildman–Crippen MR) is 80.0 cm³/mol. The minimum atomic E-state index is -4.15. The molecule has 1 aromatic rings. The molecule has 0 aliphatic carbocycles. The molecule has 0 amide bonds. The fourth-order valence-electron chi connectivity index (χ4n) is 2.41. The first-order valence-corrected chi connectivity index (χ1v) is 8.58. The number of carbonyl (C=O) groups is 1. The molecule has 2 N–H and O–H groups in total. The van der Waals surface area contributed by atoms with Gasteiger partial charge in [0.05, 0.1) is 4.90 Å². The topological polar surface area (TPSA) is 91.7 Å². The lowest BCUT2D eigenvalue weighted by atomic mass is 9.89. The van der Waals surface area contributed by atoms with Crippen molar-refractivity contribution in [3.8, 4) is 0 Å². The highest BCUT2D eigenvalue weighted by molar-refractivity contribution is 7.85. The highest BCUT2D eigenvalue weighted by Crippen LogP contribution is 2.28. The Labute approximate surface area is 125 Å². The van der Waals surface area contributed by atoms with Crippen LogP contribution in [0.3, 0.4) is 0 Å². The van der Waals surface area contributed by atoms with Gasteiger partial charge in [-0.15, -0.1) is 0 Å². The third kappa shape index (κ3) is 6.27. The lowest BCUT2D eigenvalue weighted by molar-refractivity contribution is -0.137. The van der Waals surface area contributed by atoms with Gasteiger partial charge in [-0.1, -0.05) is 31.9 Å². The Morgan fingerprint density at radius 2 is 1.76 bits per heavy atom. The quantitative estimate of drug-likeness (QED) is 0.538. The zero-order valence-electron chi connectivity index (χ0n) is 12.2. The molecule has 1 atom stereocenters. The number of carboxylic acid groups (broad SMARTS) is 1. The maximum absolute atomic E-state index is 11.0. The summed E-state index contributed by atoms with van der Waals surface area (Å²) in [6.07, 6.45) is 4.52. The van der Waals surface area contributed by atoms with E-state index in [0.29, 0.717) is 12.3 Å². The molecule has 0 aromatic heterocycles. The molecule has 21 heavy (non-hydrogen) atoms. The molecule has 0 bridgehead atoms. The monoisotopic (exact) mass is 314 g/mol. The Bertz CT molecular complexity index is 548. The second-order valence-electron chi connectivity index (χ2n) is 5.17. The summed E-state index contributed by atoms with van der Waals surface area (Å²) in [7, 11) is -4.15. The molecule has 0 heterocycles. The first-order chi connectivity index (χ1) is 9.84. The van der Waals surface area contributed by atoms with E-state index >= 15 is 0 Å². The summed E-state index contributed by atoms with van der Waals surface area (Å²) >= 11 is 0. The van der Waals surface area contributed by atoms with Gasteiger partial charge in [0.1, 0.15) is 0 Å². The first kappa shape index (κ1) is 17.7. The van der Waals surface area contributed by atoms with Crippen molar-refractivity contribution in [2.24, 2.45) is 0 Å². The lowest BCUT2D eigenvalue weighted by Gasteiger charge is -2.16. The molecule has 0 aliphatic heterocycles. The van der Waals surface area contributed by atoms with Crippen molar-refractivity contribution in [2.45, 2.75) is 56.3 Å². The molecule has 6 heteroatoms. The number of hydrogen-bond acceptors (Lipinski definition) is 3. The van der Waals surface area contributed by atoms with Gasteiger partial charge in [0.2, 0.25) is 0 Å². The minimum absolute atomic E-state index is 0.104. The first-order valence-electron chi connectivity index (χ1n) is 7.13.